The molecule has 4 aromatic rings. The molecule has 1 heterocycles. The van der Waals surface area contributed by atoms with E-state index in [0.717, 1.165) is 5.56 Å². The average Bonchev–Trinajstić information content (AvgIpc) is 3.27. The first-order chi connectivity index (χ1) is 17.0. The number of halogens is 1. The lowest BCUT2D eigenvalue weighted by atomic mass is 10.0. The summed E-state index contributed by atoms with van der Waals surface area (Å²) < 4.78 is 20.3. The summed E-state index contributed by atoms with van der Waals surface area (Å²) in [5.74, 6) is -1.22. The highest BCUT2D eigenvalue weighted by atomic mass is 19.1. The monoisotopic (exact) mass is 475 g/mol. The van der Waals surface area contributed by atoms with Gasteiger partial charge in [0.2, 0.25) is 11.8 Å². The minimum Gasteiger partial charge on any atom is -0.383 e. The number of rotatable bonds is 9. The first kappa shape index (κ1) is 24.0. The van der Waals surface area contributed by atoms with Crippen LogP contribution in [-0.4, -0.2) is 47.1 Å². The molecule has 0 bridgehead atoms. The number of methoxy groups -OCH3 is 1. The van der Waals surface area contributed by atoms with E-state index in [-0.39, 0.29) is 19.0 Å². The van der Waals surface area contributed by atoms with Crippen molar-refractivity contribution < 1.29 is 18.7 Å². The molecule has 0 radical (unpaired) electrons. The molecular weight excluding hydrogens is 449 g/mol. The number of para-hydroxylation sites is 1. The summed E-state index contributed by atoms with van der Waals surface area (Å²) in [6.07, 6.45) is 0. The molecule has 0 aliphatic carbocycles. The predicted molar refractivity (Wildman–Crippen MR) is 130 cm³/mol. The van der Waals surface area contributed by atoms with Crippen LogP contribution >= 0.6 is 0 Å². The number of nitrogens with one attached hydrogen (secondary N) is 1. The van der Waals surface area contributed by atoms with Gasteiger partial charge in [-0.15, -0.1) is 5.10 Å². The quantitative estimate of drug-likeness (QED) is 0.375. The van der Waals surface area contributed by atoms with Gasteiger partial charge in [0.05, 0.1) is 12.1 Å². The van der Waals surface area contributed by atoms with E-state index in [1.54, 1.807) is 12.1 Å². The van der Waals surface area contributed by atoms with Gasteiger partial charge in [-0.2, -0.15) is 0 Å². The molecule has 0 spiro atoms. The van der Waals surface area contributed by atoms with E-state index < -0.39 is 17.8 Å². The number of benzene rings is 3. The van der Waals surface area contributed by atoms with Crippen LogP contribution in [0.5, 0.6) is 0 Å². The fourth-order valence-electron chi connectivity index (χ4n) is 3.82. The number of carbonyl (C=O) groups is 2. The summed E-state index contributed by atoms with van der Waals surface area (Å²) in [6, 6.07) is 19.1. The number of carbonyl (C=O) groups excluding carboxylic acids is 2. The van der Waals surface area contributed by atoms with E-state index in [2.05, 4.69) is 15.6 Å². The number of anilines is 1. The first-order valence-corrected chi connectivity index (χ1v) is 11.2. The third-order valence-electron chi connectivity index (χ3n) is 5.58. The molecule has 1 aromatic heterocycles. The molecule has 3 aromatic carbocycles. The summed E-state index contributed by atoms with van der Waals surface area (Å²) in [7, 11) is 1.54. The maximum Gasteiger partial charge on any atom is 0.249 e. The standard InChI is InChI=1S/C26H26FN5O3/c1-18-7-13-21(14-8-18)32(24(33)17-31-23-6-4-3-5-22(23)29-30-31)25(26(34)28-15-16-35-2)19-9-11-20(27)12-10-19/h3-14,25H,15-17H2,1-2H3,(H,28,34). The summed E-state index contributed by atoms with van der Waals surface area (Å²) in [5, 5.41) is 11.1. The molecule has 0 saturated heterocycles. The molecule has 0 fully saturated rings. The zero-order valence-electron chi connectivity index (χ0n) is 19.5. The van der Waals surface area contributed by atoms with Gasteiger partial charge in [-0.25, -0.2) is 9.07 Å². The van der Waals surface area contributed by atoms with Crippen LogP contribution in [0.15, 0.2) is 72.8 Å². The van der Waals surface area contributed by atoms with Gasteiger partial charge in [0.1, 0.15) is 23.9 Å². The number of fused-ring (bicyclic) bond motifs is 1. The van der Waals surface area contributed by atoms with Crippen molar-refractivity contribution in [2.24, 2.45) is 0 Å². The van der Waals surface area contributed by atoms with Crippen LogP contribution in [0, 0.1) is 12.7 Å². The van der Waals surface area contributed by atoms with Gasteiger partial charge in [0.15, 0.2) is 0 Å². The van der Waals surface area contributed by atoms with Gasteiger partial charge >= 0.3 is 0 Å². The lowest BCUT2D eigenvalue weighted by Gasteiger charge is -2.31. The summed E-state index contributed by atoms with van der Waals surface area (Å²) in [5.41, 5.74) is 3.37. The Kier molecular flexibility index (Phi) is 7.47. The van der Waals surface area contributed by atoms with Crippen molar-refractivity contribution in [3.63, 3.8) is 0 Å². The summed E-state index contributed by atoms with van der Waals surface area (Å²) in [6.45, 7) is 2.37. The molecule has 180 valence electrons. The van der Waals surface area contributed by atoms with Gasteiger partial charge in [-0.3, -0.25) is 14.5 Å². The van der Waals surface area contributed by atoms with Crippen molar-refractivity contribution in [3.8, 4) is 0 Å². The Labute approximate surface area is 202 Å². The van der Waals surface area contributed by atoms with Crippen molar-refractivity contribution in [1.82, 2.24) is 20.3 Å². The molecule has 2 amide bonds. The summed E-state index contributed by atoms with van der Waals surface area (Å²) in [4.78, 5) is 28.7. The highest BCUT2D eigenvalue weighted by Gasteiger charge is 2.33. The molecule has 1 N–H and O–H groups in total. The van der Waals surface area contributed by atoms with Crippen LogP contribution in [0.2, 0.25) is 0 Å². The summed E-state index contributed by atoms with van der Waals surface area (Å²) >= 11 is 0. The van der Waals surface area contributed by atoms with E-state index in [1.165, 1.54) is 41.0 Å². The zero-order chi connectivity index (χ0) is 24.8. The van der Waals surface area contributed by atoms with Gasteiger partial charge in [0.25, 0.3) is 0 Å². The second-order valence-electron chi connectivity index (χ2n) is 8.07. The predicted octanol–water partition coefficient (Wildman–Crippen LogP) is 3.42. The smallest absolute Gasteiger partial charge is 0.249 e. The SMILES string of the molecule is COCCNC(=O)C(c1ccc(F)cc1)N(C(=O)Cn1nnc2ccccc21)c1ccc(C)cc1. The lowest BCUT2D eigenvalue weighted by Crippen LogP contribution is -2.46. The van der Waals surface area contributed by atoms with Gasteiger partial charge in [-0.1, -0.05) is 47.2 Å². The first-order valence-electron chi connectivity index (χ1n) is 11.2. The Morgan fingerprint density at radius 1 is 1.06 bits per heavy atom. The van der Waals surface area contributed by atoms with Gasteiger partial charge in [-0.05, 0) is 48.9 Å². The molecule has 1 unspecified atom stereocenters. The molecule has 0 saturated carbocycles. The van der Waals surface area contributed by atoms with Crippen LogP contribution in [0.3, 0.4) is 0 Å². The van der Waals surface area contributed by atoms with E-state index in [9.17, 15) is 14.0 Å². The lowest BCUT2D eigenvalue weighted by molar-refractivity contribution is -0.127. The largest absolute Gasteiger partial charge is 0.383 e. The molecule has 35 heavy (non-hydrogen) atoms. The van der Waals surface area contributed by atoms with Crippen molar-refractivity contribution in [3.05, 3.63) is 89.7 Å². The Morgan fingerprint density at radius 3 is 2.49 bits per heavy atom. The second kappa shape index (κ2) is 10.9. The Balaban J connectivity index is 1.76. The third-order valence-corrected chi connectivity index (χ3v) is 5.58. The number of hydrogen-bond donors (Lipinski definition) is 1. The highest BCUT2D eigenvalue weighted by Crippen LogP contribution is 2.29. The van der Waals surface area contributed by atoms with Crippen LogP contribution in [0.4, 0.5) is 10.1 Å². The minimum absolute atomic E-state index is 0.141. The number of hydrogen-bond acceptors (Lipinski definition) is 5. The third kappa shape index (κ3) is 5.52. The Hall–Kier alpha value is -4.11. The van der Waals surface area contributed by atoms with Crippen LogP contribution < -0.4 is 10.2 Å². The Morgan fingerprint density at radius 2 is 1.77 bits per heavy atom. The van der Waals surface area contributed by atoms with Gasteiger partial charge < -0.3 is 10.1 Å². The van der Waals surface area contributed by atoms with Gasteiger partial charge in [0, 0.05) is 19.3 Å². The average molecular weight is 476 g/mol. The number of ether oxygens (including phenoxy) is 1. The normalized spacial score (nSPS) is 11.9. The van der Waals surface area contributed by atoms with E-state index >= 15 is 0 Å². The van der Waals surface area contributed by atoms with E-state index in [4.69, 9.17) is 4.74 Å². The Bertz CT molecular complexity index is 1300. The van der Waals surface area contributed by atoms with Crippen molar-refractivity contribution in [2.75, 3.05) is 25.2 Å². The van der Waals surface area contributed by atoms with Crippen molar-refractivity contribution >= 4 is 28.5 Å². The molecule has 8 nitrogen and oxygen atoms in total. The van der Waals surface area contributed by atoms with E-state index in [1.807, 2.05) is 43.3 Å². The maximum absolute atomic E-state index is 13.8. The topological polar surface area (TPSA) is 89.4 Å². The van der Waals surface area contributed by atoms with Crippen LogP contribution in [-0.2, 0) is 20.9 Å². The number of nitrogens with zero attached hydrogens (tertiary/aromatic N) is 4. The molecule has 1 atom stereocenters. The zero-order valence-corrected chi connectivity index (χ0v) is 19.5. The second-order valence-corrected chi connectivity index (χ2v) is 8.07. The van der Waals surface area contributed by atoms with Crippen LogP contribution in [0.25, 0.3) is 11.0 Å². The van der Waals surface area contributed by atoms with Crippen molar-refractivity contribution in [2.45, 2.75) is 19.5 Å². The molecule has 9 heteroatoms. The molecule has 4 rings (SSSR count). The van der Waals surface area contributed by atoms with Crippen molar-refractivity contribution in [1.29, 1.82) is 0 Å². The fraction of sp³-hybridized carbons (Fsp3) is 0.231. The highest BCUT2D eigenvalue weighted by molar-refractivity contribution is 6.01. The maximum atomic E-state index is 13.8. The molecule has 0 aliphatic rings. The number of aryl methyl sites for hydroxylation is 1. The van der Waals surface area contributed by atoms with Crippen LogP contribution in [0.1, 0.15) is 17.2 Å². The van der Waals surface area contributed by atoms with E-state index in [0.29, 0.717) is 28.9 Å². The number of amides is 2. The molecule has 0 aliphatic heterocycles. The number of aromatic nitrogens is 3. The fourth-order valence-corrected chi connectivity index (χ4v) is 3.82. The molecular formula is C26H26FN5O3. The minimum atomic E-state index is -1.04.